The molecule has 1 aliphatic rings. The molecule has 0 fully saturated rings. The van der Waals surface area contributed by atoms with Crippen LogP contribution in [0.5, 0.6) is 0 Å². The Morgan fingerprint density at radius 2 is 1.88 bits per heavy atom. The Morgan fingerprint density at radius 3 is 2.62 bits per heavy atom. The van der Waals surface area contributed by atoms with Crippen molar-refractivity contribution >= 4 is 22.7 Å². The van der Waals surface area contributed by atoms with Crippen molar-refractivity contribution in [2.75, 3.05) is 0 Å². The van der Waals surface area contributed by atoms with Crippen LogP contribution in [0.2, 0.25) is 0 Å². The summed E-state index contributed by atoms with van der Waals surface area (Å²) in [5.74, 6) is 0. The summed E-state index contributed by atoms with van der Waals surface area (Å²) in [5, 5.41) is 8.91. The Labute approximate surface area is 104 Å². The molecule has 1 aliphatic heterocycles. The van der Waals surface area contributed by atoms with Gasteiger partial charge in [0.05, 0.1) is 12.2 Å². The number of hydrogen-bond acceptors (Lipinski definition) is 3. The van der Waals surface area contributed by atoms with Crippen LogP contribution in [0.1, 0.15) is 41.4 Å². The molecule has 1 nitrogen and oxygen atoms in total. The van der Waals surface area contributed by atoms with E-state index in [2.05, 4.69) is 35.4 Å². The highest BCUT2D eigenvalue weighted by Gasteiger charge is 2.27. The van der Waals surface area contributed by atoms with Gasteiger partial charge in [-0.25, -0.2) is 0 Å². The van der Waals surface area contributed by atoms with E-state index >= 15 is 0 Å². The fourth-order valence-electron chi connectivity index (χ4n) is 2.31. The van der Waals surface area contributed by atoms with Crippen molar-refractivity contribution in [2.24, 2.45) is 0 Å². The number of hydrogen-bond donors (Lipinski definition) is 0. The molecule has 0 N–H and O–H groups in total. The van der Waals surface area contributed by atoms with E-state index in [0.717, 1.165) is 6.42 Å². The van der Waals surface area contributed by atoms with Gasteiger partial charge in [-0.1, -0.05) is 0 Å². The molecule has 3 heterocycles. The van der Waals surface area contributed by atoms with E-state index in [1.807, 2.05) is 0 Å². The van der Waals surface area contributed by atoms with Crippen molar-refractivity contribution in [1.82, 2.24) is 0 Å². The summed E-state index contributed by atoms with van der Waals surface area (Å²) < 4.78 is 6.11. The molecular weight excluding hydrogens is 236 g/mol. The van der Waals surface area contributed by atoms with E-state index in [-0.39, 0.29) is 12.2 Å². The quantitative estimate of drug-likeness (QED) is 0.724. The predicted molar refractivity (Wildman–Crippen MR) is 69.3 cm³/mol. The molecule has 0 amide bonds. The normalized spacial score (nSPS) is 24.4. The molecule has 84 valence electrons. The highest BCUT2D eigenvalue weighted by atomic mass is 32.1. The molecule has 0 radical (unpaired) electrons. The highest BCUT2D eigenvalue weighted by molar-refractivity contribution is 7.08. The maximum Gasteiger partial charge on any atom is 0.0884 e. The first-order valence-corrected chi connectivity index (χ1v) is 7.37. The first-order chi connectivity index (χ1) is 7.75. The van der Waals surface area contributed by atoms with E-state index in [9.17, 15) is 0 Å². The Bertz CT molecular complexity index is 498. The maximum absolute atomic E-state index is 6.11. The molecular formula is C13H14OS2. The summed E-state index contributed by atoms with van der Waals surface area (Å²) in [4.78, 5) is 0. The molecule has 3 heteroatoms. The number of thiophene rings is 2. The summed E-state index contributed by atoms with van der Waals surface area (Å²) in [7, 11) is 0. The molecule has 2 aromatic rings. The second kappa shape index (κ2) is 3.99. The van der Waals surface area contributed by atoms with Crippen molar-refractivity contribution in [3.8, 4) is 0 Å². The molecule has 0 aliphatic carbocycles. The van der Waals surface area contributed by atoms with Gasteiger partial charge < -0.3 is 4.74 Å². The van der Waals surface area contributed by atoms with Crippen LogP contribution in [-0.4, -0.2) is 0 Å². The molecule has 2 aromatic heterocycles. The largest absolute Gasteiger partial charge is 0.365 e. The number of aryl methyl sites for hydroxylation is 1. The lowest BCUT2D eigenvalue weighted by molar-refractivity contribution is -0.0167. The molecule has 2 atom stereocenters. The Kier molecular flexibility index (Phi) is 2.62. The minimum absolute atomic E-state index is 0.235. The molecule has 3 rings (SSSR count). The van der Waals surface area contributed by atoms with Gasteiger partial charge in [0, 0.05) is 6.42 Å². The van der Waals surface area contributed by atoms with Crippen LogP contribution in [0.15, 0.2) is 21.5 Å². The first kappa shape index (κ1) is 10.5. The number of rotatable bonds is 1. The van der Waals surface area contributed by atoms with E-state index < -0.39 is 0 Å². The standard InChI is InChI=1S/C13H14OS2/c1-8-4-15-6-11(8)13-3-10-5-16-7-12(10)9(2)14-13/h4-7,9,13H,3H2,1-2H3. The van der Waals surface area contributed by atoms with E-state index in [1.165, 1.54) is 22.3 Å². The average molecular weight is 250 g/mol. The zero-order chi connectivity index (χ0) is 11.1. The summed E-state index contributed by atoms with van der Waals surface area (Å²) in [6.07, 6.45) is 1.52. The second-order valence-corrected chi connectivity index (χ2v) is 5.82. The lowest BCUT2D eigenvalue weighted by Gasteiger charge is -2.28. The van der Waals surface area contributed by atoms with Crippen LogP contribution in [0.25, 0.3) is 0 Å². The Morgan fingerprint density at radius 1 is 1.12 bits per heavy atom. The third-order valence-corrected chi connectivity index (χ3v) is 4.92. The van der Waals surface area contributed by atoms with Gasteiger partial charge in [0.15, 0.2) is 0 Å². The van der Waals surface area contributed by atoms with Crippen LogP contribution in [-0.2, 0) is 11.2 Å². The summed E-state index contributed by atoms with van der Waals surface area (Å²) in [6, 6.07) is 0. The fourth-order valence-corrected chi connectivity index (χ4v) is 4.15. The zero-order valence-corrected chi connectivity index (χ0v) is 11.0. The summed E-state index contributed by atoms with van der Waals surface area (Å²) >= 11 is 3.55. The molecule has 0 spiro atoms. The van der Waals surface area contributed by atoms with Crippen molar-refractivity contribution in [3.63, 3.8) is 0 Å². The number of fused-ring (bicyclic) bond motifs is 1. The van der Waals surface area contributed by atoms with Gasteiger partial charge in [-0.3, -0.25) is 0 Å². The third-order valence-electron chi connectivity index (χ3n) is 3.23. The highest BCUT2D eigenvalue weighted by Crippen LogP contribution is 2.40. The minimum Gasteiger partial charge on any atom is -0.365 e. The van der Waals surface area contributed by atoms with Gasteiger partial charge in [0.2, 0.25) is 0 Å². The minimum atomic E-state index is 0.235. The Balaban J connectivity index is 1.95. The molecule has 2 unspecified atom stereocenters. The van der Waals surface area contributed by atoms with E-state index in [0.29, 0.717) is 0 Å². The van der Waals surface area contributed by atoms with Crippen molar-refractivity contribution in [1.29, 1.82) is 0 Å². The molecule has 0 aromatic carbocycles. The van der Waals surface area contributed by atoms with Crippen LogP contribution in [0.3, 0.4) is 0 Å². The first-order valence-electron chi connectivity index (χ1n) is 5.49. The van der Waals surface area contributed by atoms with Crippen LogP contribution >= 0.6 is 22.7 Å². The lowest BCUT2D eigenvalue weighted by Crippen LogP contribution is -2.17. The summed E-state index contributed by atoms with van der Waals surface area (Å²) in [6.45, 7) is 4.32. The monoisotopic (exact) mass is 250 g/mol. The average Bonchev–Trinajstić information content (AvgIpc) is 2.85. The maximum atomic E-state index is 6.11. The topological polar surface area (TPSA) is 9.23 Å². The lowest BCUT2D eigenvalue weighted by atomic mass is 9.95. The SMILES string of the molecule is Cc1cscc1C1Cc2cscc2C(C)O1. The van der Waals surface area contributed by atoms with Gasteiger partial charge in [0.25, 0.3) is 0 Å². The van der Waals surface area contributed by atoms with Crippen LogP contribution in [0.4, 0.5) is 0 Å². The van der Waals surface area contributed by atoms with E-state index in [1.54, 1.807) is 22.7 Å². The van der Waals surface area contributed by atoms with Crippen molar-refractivity contribution in [3.05, 3.63) is 43.8 Å². The van der Waals surface area contributed by atoms with Crippen molar-refractivity contribution < 1.29 is 4.74 Å². The number of ether oxygens (including phenoxy) is 1. The van der Waals surface area contributed by atoms with Gasteiger partial charge in [-0.15, -0.1) is 0 Å². The van der Waals surface area contributed by atoms with E-state index in [4.69, 9.17) is 4.74 Å². The van der Waals surface area contributed by atoms with Gasteiger partial charge in [0.1, 0.15) is 0 Å². The third kappa shape index (κ3) is 1.63. The smallest absolute Gasteiger partial charge is 0.0884 e. The van der Waals surface area contributed by atoms with Crippen LogP contribution < -0.4 is 0 Å². The summed E-state index contributed by atoms with van der Waals surface area (Å²) in [5.41, 5.74) is 5.59. The Hall–Kier alpha value is -0.640. The van der Waals surface area contributed by atoms with Crippen molar-refractivity contribution in [2.45, 2.75) is 32.5 Å². The second-order valence-electron chi connectivity index (χ2n) is 4.33. The fraction of sp³-hybridized carbons (Fsp3) is 0.385. The van der Waals surface area contributed by atoms with Gasteiger partial charge >= 0.3 is 0 Å². The molecule has 0 saturated heterocycles. The zero-order valence-electron chi connectivity index (χ0n) is 9.40. The van der Waals surface area contributed by atoms with Crippen LogP contribution in [0, 0.1) is 6.92 Å². The predicted octanol–water partition coefficient (Wildman–Crippen LogP) is 4.49. The molecule has 16 heavy (non-hydrogen) atoms. The molecule has 0 saturated carbocycles. The molecule has 0 bridgehead atoms. The van der Waals surface area contributed by atoms with Gasteiger partial charge in [-0.05, 0) is 57.6 Å². The van der Waals surface area contributed by atoms with Gasteiger partial charge in [-0.2, -0.15) is 22.7 Å².